The maximum atomic E-state index is 10.7. The van der Waals surface area contributed by atoms with Crippen LogP contribution in [0.4, 0.5) is 0 Å². The molecule has 1 N–H and O–H groups in total. The third kappa shape index (κ3) is 3.29. The van der Waals surface area contributed by atoms with Crippen molar-refractivity contribution in [2.24, 2.45) is 5.92 Å². The standard InChI is InChI=1S/C13H21N3O2S/c1-3-7-16-12(10-6-4-5-9(10)2)14-15-13(16)19-8-11(17)18/h9-10H,3-8H2,1-2H3,(H,17,18). The second kappa shape index (κ2) is 6.41. The summed E-state index contributed by atoms with van der Waals surface area (Å²) in [7, 11) is 0. The van der Waals surface area contributed by atoms with Crippen LogP contribution in [0.15, 0.2) is 5.16 Å². The summed E-state index contributed by atoms with van der Waals surface area (Å²) in [5.41, 5.74) is 0. The maximum Gasteiger partial charge on any atom is 0.313 e. The van der Waals surface area contributed by atoms with Gasteiger partial charge in [-0.05, 0) is 25.2 Å². The number of nitrogens with zero attached hydrogens (tertiary/aromatic N) is 3. The Morgan fingerprint density at radius 1 is 1.47 bits per heavy atom. The monoisotopic (exact) mass is 283 g/mol. The molecule has 0 aromatic carbocycles. The van der Waals surface area contributed by atoms with E-state index < -0.39 is 5.97 Å². The number of rotatable bonds is 6. The Hall–Kier alpha value is -1.04. The molecule has 2 rings (SSSR count). The fourth-order valence-corrected chi connectivity index (χ4v) is 3.46. The highest BCUT2D eigenvalue weighted by atomic mass is 32.2. The summed E-state index contributed by atoms with van der Waals surface area (Å²) in [6, 6.07) is 0. The number of carbonyl (C=O) groups is 1. The quantitative estimate of drug-likeness (QED) is 0.813. The van der Waals surface area contributed by atoms with Gasteiger partial charge >= 0.3 is 5.97 Å². The van der Waals surface area contributed by atoms with Crippen LogP contribution in [0.5, 0.6) is 0 Å². The highest BCUT2D eigenvalue weighted by molar-refractivity contribution is 7.99. The van der Waals surface area contributed by atoms with Gasteiger partial charge in [-0.3, -0.25) is 4.79 Å². The Balaban J connectivity index is 2.20. The Morgan fingerprint density at radius 3 is 2.84 bits per heavy atom. The Labute approximate surface area is 117 Å². The summed E-state index contributed by atoms with van der Waals surface area (Å²) >= 11 is 1.27. The van der Waals surface area contributed by atoms with Gasteiger partial charge in [-0.15, -0.1) is 10.2 Å². The number of hydrogen-bond donors (Lipinski definition) is 1. The fraction of sp³-hybridized carbons (Fsp3) is 0.769. The highest BCUT2D eigenvalue weighted by Gasteiger charge is 2.30. The summed E-state index contributed by atoms with van der Waals surface area (Å²) in [6.07, 6.45) is 4.68. The molecule has 106 valence electrons. The first kappa shape index (κ1) is 14.4. The lowest BCUT2D eigenvalue weighted by atomic mass is 9.97. The largest absolute Gasteiger partial charge is 0.481 e. The van der Waals surface area contributed by atoms with Crippen LogP contribution in [0, 0.1) is 5.92 Å². The molecule has 1 aliphatic rings. The molecule has 2 atom stereocenters. The van der Waals surface area contributed by atoms with Crippen molar-refractivity contribution in [1.29, 1.82) is 0 Å². The Kier molecular flexibility index (Phi) is 4.85. The SMILES string of the molecule is CCCn1c(SCC(=O)O)nnc1C1CCCC1C. The van der Waals surface area contributed by atoms with Gasteiger partial charge < -0.3 is 9.67 Å². The number of carboxylic acid groups (broad SMARTS) is 1. The van der Waals surface area contributed by atoms with E-state index in [0.717, 1.165) is 23.9 Å². The number of aromatic nitrogens is 3. The molecule has 1 saturated carbocycles. The molecule has 0 amide bonds. The number of aliphatic carboxylic acids is 1. The molecule has 1 aromatic heterocycles. The molecule has 1 heterocycles. The lowest BCUT2D eigenvalue weighted by molar-refractivity contribution is -0.133. The normalized spacial score (nSPS) is 22.8. The lowest BCUT2D eigenvalue weighted by Crippen LogP contribution is -2.12. The van der Waals surface area contributed by atoms with Crippen LogP contribution in [-0.4, -0.2) is 31.6 Å². The minimum Gasteiger partial charge on any atom is -0.481 e. The molecular weight excluding hydrogens is 262 g/mol. The lowest BCUT2D eigenvalue weighted by Gasteiger charge is -2.16. The zero-order valence-electron chi connectivity index (χ0n) is 11.5. The van der Waals surface area contributed by atoms with E-state index >= 15 is 0 Å². The van der Waals surface area contributed by atoms with Crippen molar-refractivity contribution in [2.75, 3.05) is 5.75 Å². The third-order valence-corrected chi connectivity index (χ3v) is 4.66. The predicted molar refractivity (Wildman–Crippen MR) is 74.4 cm³/mol. The summed E-state index contributed by atoms with van der Waals surface area (Å²) in [5.74, 6) is 1.42. The zero-order valence-corrected chi connectivity index (χ0v) is 12.3. The molecule has 1 fully saturated rings. The van der Waals surface area contributed by atoms with Crippen molar-refractivity contribution < 1.29 is 9.90 Å². The molecule has 0 spiro atoms. The first-order valence-corrected chi connectivity index (χ1v) is 7.89. The van der Waals surface area contributed by atoms with E-state index in [0.29, 0.717) is 11.8 Å². The summed E-state index contributed by atoms with van der Waals surface area (Å²) in [4.78, 5) is 10.7. The topological polar surface area (TPSA) is 68.0 Å². The first-order chi connectivity index (χ1) is 9.13. The van der Waals surface area contributed by atoms with Gasteiger partial charge in [0.2, 0.25) is 0 Å². The van der Waals surface area contributed by atoms with E-state index in [1.54, 1.807) is 0 Å². The van der Waals surface area contributed by atoms with Gasteiger partial charge in [0.25, 0.3) is 0 Å². The van der Waals surface area contributed by atoms with Crippen molar-refractivity contribution in [3.8, 4) is 0 Å². The number of hydrogen-bond acceptors (Lipinski definition) is 4. The molecule has 1 aromatic rings. The maximum absolute atomic E-state index is 10.7. The van der Waals surface area contributed by atoms with Crippen molar-refractivity contribution in [2.45, 2.75) is 57.1 Å². The van der Waals surface area contributed by atoms with E-state index in [2.05, 4.69) is 28.6 Å². The average Bonchev–Trinajstić information content (AvgIpc) is 2.94. The Bertz CT molecular complexity index is 447. The van der Waals surface area contributed by atoms with Crippen LogP contribution in [0.3, 0.4) is 0 Å². The van der Waals surface area contributed by atoms with Crippen LogP contribution in [0.2, 0.25) is 0 Å². The van der Waals surface area contributed by atoms with Gasteiger partial charge in [-0.25, -0.2) is 0 Å². The second-order valence-electron chi connectivity index (χ2n) is 5.19. The van der Waals surface area contributed by atoms with Crippen molar-refractivity contribution >= 4 is 17.7 Å². The van der Waals surface area contributed by atoms with Crippen LogP contribution < -0.4 is 0 Å². The van der Waals surface area contributed by atoms with Crippen LogP contribution in [-0.2, 0) is 11.3 Å². The van der Waals surface area contributed by atoms with Gasteiger partial charge in [0.05, 0.1) is 5.75 Å². The number of carboxylic acids is 1. The first-order valence-electron chi connectivity index (χ1n) is 6.91. The van der Waals surface area contributed by atoms with E-state index in [9.17, 15) is 4.79 Å². The van der Waals surface area contributed by atoms with Gasteiger partial charge in [0.1, 0.15) is 5.82 Å². The molecule has 0 bridgehead atoms. The molecule has 2 unspecified atom stereocenters. The minimum absolute atomic E-state index is 0.0437. The molecule has 1 aliphatic carbocycles. The molecule has 19 heavy (non-hydrogen) atoms. The zero-order chi connectivity index (χ0) is 13.8. The average molecular weight is 283 g/mol. The van der Waals surface area contributed by atoms with Crippen molar-refractivity contribution in [1.82, 2.24) is 14.8 Å². The van der Waals surface area contributed by atoms with Gasteiger partial charge in [0.15, 0.2) is 5.16 Å². The molecule has 5 nitrogen and oxygen atoms in total. The van der Waals surface area contributed by atoms with Gasteiger partial charge in [-0.2, -0.15) is 0 Å². The van der Waals surface area contributed by atoms with Crippen LogP contribution >= 0.6 is 11.8 Å². The second-order valence-corrected chi connectivity index (χ2v) is 6.13. The van der Waals surface area contributed by atoms with Crippen molar-refractivity contribution in [3.63, 3.8) is 0 Å². The molecule has 0 aliphatic heterocycles. The Morgan fingerprint density at radius 2 is 2.26 bits per heavy atom. The highest BCUT2D eigenvalue weighted by Crippen LogP contribution is 2.39. The third-order valence-electron chi connectivity index (χ3n) is 3.71. The molecule has 0 radical (unpaired) electrons. The molecule has 6 heteroatoms. The van der Waals surface area contributed by atoms with E-state index in [-0.39, 0.29) is 5.75 Å². The van der Waals surface area contributed by atoms with E-state index in [4.69, 9.17) is 5.11 Å². The summed E-state index contributed by atoms with van der Waals surface area (Å²) < 4.78 is 2.13. The van der Waals surface area contributed by atoms with Gasteiger partial charge in [0, 0.05) is 12.5 Å². The predicted octanol–water partition coefficient (Wildman–Crippen LogP) is 2.77. The summed E-state index contributed by atoms with van der Waals surface area (Å²) in [5, 5.41) is 18.1. The molecular formula is C13H21N3O2S. The van der Waals surface area contributed by atoms with Crippen LogP contribution in [0.1, 0.15) is 51.3 Å². The van der Waals surface area contributed by atoms with Gasteiger partial charge in [-0.1, -0.05) is 32.0 Å². The van der Waals surface area contributed by atoms with E-state index in [1.165, 1.54) is 31.0 Å². The van der Waals surface area contributed by atoms with E-state index in [1.807, 2.05) is 0 Å². The van der Waals surface area contributed by atoms with Crippen molar-refractivity contribution in [3.05, 3.63) is 5.82 Å². The summed E-state index contributed by atoms with van der Waals surface area (Å²) in [6.45, 7) is 5.26. The smallest absolute Gasteiger partial charge is 0.313 e. The number of thioether (sulfide) groups is 1. The fourth-order valence-electron chi connectivity index (χ4n) is 2.77. The van der Waals surface area contributed by atoms with Crippen LogP contribution in [0.25, 0.3) is 0 Å². The molecule has 0 saturated heterocycles. The minimum atomic E-state index is -0.813.